The zero-order valence-corrected chi connectivity index (χ0v) is 10.6. The van der Waals surface area contributed by atoms with Crippen LogP contribution in [0, 0.1) is 6.92 Å². The van der Waals surface area contributed by atoms with Crippen molar-refractivity contribution in [2.75, 3.05) is 6.61 Å². The Labute approximate surface area is 103 Å². The Bertz CT molecular complexity index is 400. The molecule has 1 aromatic rings. The smallest absolute Gasteiger partial charge is 0.115 e. The third kappa shape index (κ3) is 1.90. The average Bonchev–Trinajstić information content (AvgIpc) is 3.08. The van der Waals surface area contributed by atoms with E-state index in [2.05, 4.69) is 11.9 Å². The summed E-state index contributed by atoms with van der Waals surface area (Å²) in [5.41, 5.74) is 2.49. The zero-order valence-electron chi connectivity index (χ0n) is 10.6. The molecule has 1 aromatic heterocycles. The molecule has 0 radical (unpaired) electrons. The molecule has 2 fully saturated rings. The SMILES string of the molecule is Cc1[nH]c(C2(CO)CC2)nc1C1CCCCC1. The molecule has 2 aliphatic carbocycles. The summed E-state index contributed by atoms with van der Waals surface area (Å²) >= 11 is 0. The molecule has 2 saturated carbocycles. The van der Waals surface area contributed by atoms with Crippen molar-refractivity contribution in [3.05, 3.63) is 17.2 Å². The lowest BCUT2D eigenvalue weighted by molar-refractivity contribution is 0.250. The molecule has 0 bridgehead atoms. The normalized spacial score (nSPS) is 23.9. The summed E-state index contributed by atoms with van der Waals surface area (Å²) in [5, 5.41) is 9.46. The van der Waals surface area contributed by atoms with Crippen molar-refractivity contribution in [2.45, 2.75) is 63.2 Å². The van der Waals surface area contributed by atoms with Crippen LogP contribution in [0.2, 0.25) is 0 Å². The van der Waals surface area contributed by atoms with E-state index in [4.69, 9.17) is 4.98 Å². The predicted molar refractivity (Wildman–Crippen MR) is 67.1 cm³/mol. The second-order valence-corrected chi connectivity index (χ2v) is 5.87. The second-order valence-electron chi connectivity index (χ2n) is 5.87. The van der Waals surface area contributed by atoms with Crippen molar-refractivity contribution in [3.8, 4) is 0 Å². The van der Waals surface area contributed by atoms with Crippen LogP contribution in [0.4, 0.5) is 0 Å². The number of aryl methyl sites for hydroxylation is 1. The minimum Gasteiger partial charge on any atom is -0.395 e. The fourth-order valence-electron chi connectivity index (χ4n) is 3.12. The number of nitrogens with one attached hydrogen (secondary N) is 1. The van der Waals surface area contributed by atoms with Gasteiger partial charge < -0.3 is 10.1 Å². The number of rotatable bonds is 3. The van der Waals surface area contributed by atoms with Crippen molar-refractivity contribution in [3.63, 3.8) is 0 Å². The Hall–Kier alpha value is -0.830. The van der Waals surface area contributed by atoms with E-state index in [1.807, 2.05) is 0 Å². The van der Waals surface area contributed by atoms with Gasteiger partial charge in [-0.15, -0.1) is 0 Å². The minimum absolute atomic E-state index is 0.0162. The molecule has 2 N–H and O–H groups in total. The molecule has 94 valence electrons. The van der Waals surface area contributed by atoms with E-state index in [9.17, 15) is 5.11 Å². The van der Waals surface area contributed by atoms with Crippen LogP contribution in [0.15, 0.2) is 0 Å². The van der Waals surface area contributed by atoms with Crippen LogP contribution in [0.1, 0.15) is 68.1 Å². The van der Waals surface area contributed by atoms with E-state index < -0.39 is 0 Å². The third-order valence-corrected chi connectivity index (χ3v) is 4.57. The number of aliphatic hydroxyl groups is 1. The van der Waals surface area contributed by atoms with Crippen LogP contribution in [0.25, 0.3) is 0 Å². The van der Waals surface area contributed by atoms with Gasteiger partial charge in [0.05, 0.1) is 17.7 Å². The summed E-state index contributed by atoms with van der Waals surface area (Å²) in [6.45, 7) is 2.37. The van der Waals surface area contributed by atoms with Crippen LogP contribution in [0.5, 0.6) is 0 Å². The lowest BCUT2D eigenvalue weighted by Gasteiger charge is -2.20. The number of imidazole rings is 1. The number of hydrogen-bond acceptors (Lipinski definition) is 2. The van der Waals surface area contributed by atoms with Gasteiger partial charge in [0.25, 0.3) is 0 Å². The number of H-pyrrole nitrogens is 1. The van der Waals surface area contributed by atoms with Gasteiger partial charge in [0.2, 0.25) is 0 Å². The fourth-order valence-corrected chi connectivity index (χ4v) is 3.12. The molecule has 0 aromatic carbocycles. The molecule has 17 heavy (non-hydrogen) atoms. The van der Waals surface area contributed by atoms with Gasteiger partial charge in [0, 0.05) is 11.6 Å². The zero-order chi connectivity index (χ0) is 11.9. The lowest BCUT2D eigenvalue weighted by atomic mass is 9.86. The quantitative estimate of drug-likeness (QED) is 0.845. The van der Waals surface area contributed by atoms with Gasteiger partial charge in [-0.1, -0.05) is 19.3 Å². The van der Waals surface area contributed by atoms with Crippen molar-refractivity contribution < 1.29 is 5.11 Å². The van der Waals surface area contributed by atoms with Gasteiger partial charge in [-0.25, -0.2) is 4.98 Å². The van der Waals surface area contributed by atoms with Crippen molar-refractivity contribution in [2.24, 2.45) is 0 Å². The Kier molecular flexibility index (Phi) is 2.74. The van der Waals surface area contributed by atoms with E-state index in [0.717, 1.165) is 18.7 Å². The number of aliphatic hydroxyl groups excluding tert-OH is 1. The summed E-state index contributed by atoms with van der Waals surface area (Å²) in [5.74, 6) is 1.70. The maximum absolute atomic E-state index is 9.46. The Morgan fingerprint density at radius 1 is 1.29 bits per heavy atom. The highest BCUT2D eigenvalue weighted by Crippen LogP contribution is 2.47. The van der Waals surface area contributed by atoms with E-state index >= 15 is 0 Å². The first-order valence-corrected chi connectivity index (χ1v) is 6.93. The third-order valence-electron chi connectivity index (χ3n) is 4.57. The predicted octanol–water partition coefficient (Wildman–Crippen LogP) is 2.79. The van der Waals surface area contributed by atoms with Crippen LogP contribution in [0.3, 0.4) is 0 Å². The highest BCUT2D eigenvalue weighted by atomic mass is 16.3. The van der Waals surface area contributed by atoms with Gasteiger partial charge >= 0.3 is 0 Å². The first-order valence-electron chi connectivity index (χ1n) is 6.93. The molecule has 0 saturated heterocycles. The number of aromatic nitrogens is 2. The monoisotopic (exact) mass is 234 g/mol. The van der Waals surface area contributed by atoms with Gasteiger partial charge in [-0.05, 0) is 32.6 Å². The first kappa shape index (κ1) is 11.3. The molecule has 3 rings (SSSR count). The maximum Gasteiger partial charge on any atom is 0.115 e. The maximum atomic E-state index is 9.46. The summed E-state index contributed by atoms with van der Waals surface area (Å²) in [4.78, 5) is 8.25. The van der Waals surface area contributed by atoms with Gasteiger partial charge in [-0.2, -0.15) is 0 Å². The highest BCUT2D eigenvalue weighted by Gasteiger charge is 2.46. The van der Waals surface area contributed by atoms with E-state index in [1.165, 1.54) is 43.5 Å². The molecule has 1 heterocycles. The molecule has 0 atom stereocenters. The van der Waals surface area contributed by atoms with E-state index in [-0.39, 0.29) is 12.0 Å². The topological polar surface area (TPSA) is 48.9 Å². The highest BCUT2D eigenvalue weighted by molar-refractivity contribution is 5.26. The molecule has 0 amide bonds. The van der Waals surface area contributed by atoms with Crippen LogP contribution < -0.4 is 0 Å². The molecular formula is C14H22N2O. The lowest BCUT2D eigenvalue weighted by Crippen LogP contribution is -2.14. The van der Waals surface area contributed by atoms with Crippen LogP contribution in [-0.2, 0) is 5.41 Å². The molecule has 0 spiro atoms. The molecule has 2 aliphatic rings. The largest absolute Gasteiger partial charge is 0.395 e. The summed E-state index contributed by atoms with van der Waals surface area (Å²) < 4.78 is 0. The van der Waals surface area contributed by atoms with E-state index in [1.54, 1.807) is 0 Å². The molecule has 0 unspecified atom stereocenters. The number of nitrogens with zero attached hydrogens (tertiary/aromatic N) is 1. The van der Waals surface area contributed by atoms with Crippen LogP contribution in [-0.4, -0.2) is 21.7 Å². The number of hydrogen-bond donors (Lipinski definition) is 2. The first-order chi connectivity index (χ1) is 8.25. The molecular weight excluding hydrogens is 212 g/mol. The van der Waals surface area contributed by atoms with Gasteiger partial charge in [0.1, 0.15) is 5.82 Å². The average molecular weight is 234 g/mol. The molecule has 3 nitrogen and oxygen atoms in total. The second kappa shape index (κ2) is 4.13. The summed E-state index contributed by atoms with van der Waals surface area (Å²) in [7, 11) is 0. The van der Waals surface area contributed by atoms with Crippen molar-refractivity contribution in [1.82, 2.24) is 9.97 Å². The molecule has 0 aliphatic heterocycles. The Balaban J connectivity index is 1.85. The standard InChI is InChI=1S/C14H22N2O/c1-10-12(11-5-3-2-4-6-11)16-13(15-10)14(9-17)7-8-14/h11,17H,2-9H2,1H3,(H,15,16). The minimum atomic E-state index is -0.0162. The van der Waals surface area contributed by atoms with Crippen LogP contribution >= 0.6 is 0 Å². The Morgan fingerprint density at radius 3 is 2.59 bits per heavy atom. The van der Waals surface area contributed by atoms with Crippen molar-refractivity contribution >= 4 is 0 Å². The fraction of sp³-hybridized carbons (Fsp3) is 0.786. The number of aromatic amines is 1. The summed E-state index contributed by atoms with van der Waals surface area (Å²) in [6, 6.07) is 0. The van der Waals surface area contributed by atoms with Gasteiger partial charge in [-0.3, -0.25) is 0 Å². The molecule has 3 heteroatoms. The Morgan fingerprint density at radius 2 is 2.00 bits per heavy atom. The van der Waals surface area contributed by atoms with Gasteiger partial charge in [0.15, 0.2) is 0 Å². The summed E-state index contributed by atoms with van der Waals surface area (Å²) in [6.07, 6.45) is 8.82. The van der Waals surface area contributed by atoms with Crippen molar-refractivity contribution in [1.29, 1.82) is 0 Å². The van der Waals surface area contributed by atoms with E-state index in [0.29, 0.717) is 5.92 Å².